The number of nitro groups is 2. The predicted molar refractivity (Wildman–Crippen MR) is 113 cm³/mol. The van der Waals surface area contributed by atoms with Gasteiger partial charge < -0.3 is 0 Å². The second-order valence-electron chi connectivity index (χ2n) is 7.19. The average molecular weight is 485 g/mol. The third-order valence-corrected chi connectivity index (χ3v) is 8.16. The number of hydrogen-bond acceptors (Lipinski definition) is 8. The van der Waals surface area contributed by atoms with Crippen molar-refractivity contribution in [1.29, 1.82) is 0 Å². The summed E-state index contributed by atoms with van der Waals surface area (Å²) in [6, 6.07) is 7.87. The molecule has 0 heterocycles. The molecule has 2 aromatic rings. The first-order valence-electron chi connectivity index (χ1n) is 9.54. The molecule has 0 radical (unpaired) electrons. The SMILES string of the molecule is O=[N+]([O-])c1ccccc1S(=O)(=O)NC1CCCCC1NS(=O)(=O)c1ccccc1[N+](=O)[O-]. The number of nitrogens with one attached hydrogen (secondary N) is 2. The van der Waals surface area contributed by atoms with Crippen LogP contribution in [-0.4, -0.2) is 38.8 Å². The van der Waals surface area contributed by atoms with Gasteiger partial charge in [0.15, 0.2) is 9.79 Å². The molecule has 0 saturated heterocycles. The van der Waals surface area contributed by atoms with Gasteiger partial charge in [-0.2, -0.15) is 0 Å². The molecule has 1 aliphatic carbocycles. The van der Waals surface area contributed by atoms with E-state index in [1.54, 1.807) is 0 Å². The zero-order valence-corrected chi connectivity index (χ0v) is 18.2. The van der Waals surface area contributed by atoms with Crippen molar-refractivity contribution in [1.82, 2.24) is 9.44 Å². The Morgan fingerprint density at radius 1 is 0.688 bits per heavy atom. The van der Waals surface area contributed by atoms with E-state index in [2.05, 4.69) is 9.44 Å². The van der Waals surface area contributed by atoms with E-state index in [-0.39, 0.29) is 12.8 Å². The van der Waals surface area contributed by atoms with Gasteiger partial charge in [-0.1, -0.05) is 37.1 Å². The van der Waals surface area contributed by atoms with Gasteiger partial charge in [0.2, 0.25) is 20.0 Å². The number of nitro benzene ring substituents is 2. The summed E-state index contributed by atoms with van der Waals surface area (Å²) in [6.45, 7) is 0. The highest BCUT2D eigenvalue weighted by Crippen LogP contribution is 2.28. The zero-order valence-electron chi connectivity index (χ0n) is 16.6. The molecule has 2 aromatic carbocycles. The molecule has 2 unspecified atom stereocenters. The summed E-state index contributed by atoms with van der Waals surface area (Å²) in [5, 5.41) is 22.4. The van der Waals surface area contributed by atoms with Gasteiger partial charge in [0.1, 0.15) is 0 Å². The topological polar surface area (TPSA) is 179 Å². The second-order valence-corrected chi connectivity index (χ2v) is 10.6. The summed E-state index contributed by atoms with van der Waals surface area (Å²) in [5.41, 5.74) is -1.21. The fourth-order valence-corrected chi connectivity index (χ4v) is 6.58. The van der Waals surface area contributed by atoms with Crippen molar-refractivity contribution < 1.29 is 26.7 Å². The van der Waals surface area contributed by atoms with Crippen LogP contribution >= 0.6 is 0 Å². The lowest BCUT2D eigenvalue weighted by Crippen LogP contribution is -2.53. The molecule has 0 aromatic heterocycles. The summed E-state index contributed by atoms with van der Waals surface area (Å²) < 4.78 is 56.2. The maximum Gasteiger partial charge on any atom is 0.289 e. The second kappa shape index (κ2) is 9.28. The van der Waals surface area contributed by atoms with Crippen LogP contribution in [-0.2, 0) is 20.0 Å². The van der Waals surface area contributed by atoms with Crippen LogP contribution in [0.5, 0.6) is 0 Å². The van der Waals surface area contributed by atoms with Gasteiger partial charge in [0.05, 0.1) is 9.85 Å². The molecular weight excluding hydrogens is 464 g/mol. The predicted octanol–water partition coefficient (Wildman–Crippen LogP) is 2.07. The fraction of sp³-hybridized carbons (Fsp3) is 0.333. The largest absolute Gasteiger partial charge is 0.289 e. The quantitative estimate of drug-likeness (QED) is 0.422. The summed E-state index contributed by atoms with van der Waals surface area (Å²) in [6.07, 6.45) is 1.77. The van der Waals surface area contributed by atoms with E-state index in [1.807, 2.05) is 0 Å². The van der Waals surface area contributed by atoms with Gasteiger partial charge in [-0.3, -0.25) is 20.2 Å². The zero-order chi connectivity index (χ0) is 23.5. The summed E-state index contributed by atoms with van der Waals surface area (Å²) in [7, 11) is -8.69. The van der Waals surface area contributed by atoms with Crippen molar-refractivity contribution in [2.75, 3.05) is 0 Å². The van der Waals surface area contributed by atoms with Crippen LogP contribution < -0.4 is 9.44 Å². The standard InChI is InChI=1S/C18H20N4O8S2/c23-21(24)15-9-3-5-11-17(15)31(27,28)19-13-7-1-2-8-14(13)20-32(29,30)18-12-6-4-10-16(18)22(25)26/h3-6,9-14,19-20H,1-2,7-8H2. The Morgan fingerprint density at radius 3 is 1.38 bits per heavy atom. The van der Waals surface area contributed by atoms with E-state index < -0.39 is 63.1 Å². The van der Waals surface area contributed by atoms with Crippen LogP contribution in [0, 0.1) is 20.2 Å². The molecule has 0 amide bonds. The van der Waals surface area contributed by atoms with Gasteiger partial charge in [-0.05, 0) is 25.0 Å². The van der Waals surface area contributed by atoms with Crippen LogP contribution in [0.1, 0.15) is 25.7 Å². The van der Waals surface area contributed by atoms with Crippen LogP contribution in [0.4, 0.5) is 11.4 Å². The van der Waals surface area contributed by atoms with Crippen LogP contribution in [0.15, 0.2) is 58.3 Å². The Labute approximate surface area is 184 Å². The molecule has 0 aliphatic heterocycles. The van der Waals surface area contributed by atoms with Crippen molar-refractivity contribution in [2.45, 2.75) is 47.6 Å². The fourth-order valence-electron chi connectivity index (χ4n) is 3.61. The molecule has 1 aliphatic rings. The highest BCUT2D eigenvalue weighted by molar-refractivity contribution is 7.90. The highest BCUT2D eigenvalue weighted by Gasteiger charge is 2.36. The van der Waals surface area contributed by atoms with Gasteiger partial charge in [-0.15, -0.1) is 0 Å². The lowest BCUT2D eigenvalue weighted by Gasteiger charge is -2.32. The first-order chi connectivity index (χ1) is 15.0. The van der Waals surface area contributed by atoms with Crippen molar-refractivity contribution in [3.8, 4) is 0 Å². The highest BCUT2D eigenvalue weighted by atomic mass is 32.2. The Bertz CT molecular complexity index is 1150. The van der Waals surface area contributed by atoms with Gasteiger partial charge in [-0.25, -0.2) is 26.3 Å². The van der Waals surface area contributed by atoms with Crippen molar-refractivity contribution in [2.24, 2.45) is 0 Å². The van der Waals surface area contributed by atoms with E-state index in [4.69, 9.17) is 0 Å². The smallest absolute Gasteiger partial charge is 0.258 e. The molecule has 1 fully saturated rings. The molecule has 3 rings (SSSR count). The van der Waals surface area contributed by atoms with E-state index in [9.17, 15) is 37.1 Å². The lowest BCUT2D eigenvalue weighted by molar-refractivity contribution is -0.388. The Kier molecular flexibility index (Phi) is 6.88. The average Bonchev–Trinajstić information content (AvgIpc) is 2.74. The minimum atomic E-state index is -4.35. The molecule has 0 spiro atoms. The number of benzene rings is 2. The molecule has 12 nitrogen and oxygen atoms in total. The monoisotopic (exact) mass is 484 g/mol. The van der Waals surface area contributed by atoms with Crippen LogP contribution in [0.25, 0.3) is 0 Å². The van der Waals surface area contributed by atoms with Crippen molar-refractivity contribution in [3.63, 3.8) is 0 Å². The molecule has 2 atom stereocenters. The molecule has 14 heteroatoms. The van der Waals surface area contributed by atoms with Crippen LogP contribution in [0.3, 0.4) is 0 Å². The molecule has 32 heavy (non-hydrogen) atoms. The summed E-state index contributed by atoms with van der Waals surface area (Å²) >= 11 is 0. The Balaban J connectivity index is 1.89. The normalized spacial score (nSPS) is 19.4. The van der Waals surface area contributed by atoms with Crippen LogP contribution in [0.2, 0.25) is 0 Å². The molecule has 2 N–H and O–H groups in total. The molecule has 0 bridgehead atoms. The molecule has 1 saturated carbocycles. The maximum atomic E-state index is 12.9. The third kappa shape index (κ3) is 5.09. The molecule has 172 valence electrons. The van der Waals surface area contributed by atoms with Gasteiger partial charge in [0.25, 0.3) is 11.4 Å². The van der Waals surface area contributed by atoms with E-state index in [0.717, 1.165) is 24.3 Å². The van der Waals surface area contributed by atoms with Gasteiger partial charge >= 0.3 is 0 Å². The minimum Gasteiger partial charge on any atom is -0.258 e. The van der Waals surface area contributed by atoms with E-state index >= 15 is 0 Å². The summed E-state index contributed by atoms with van der Waals surface area (Å²) in [4.78, 5) is 19.8. The molecular formula is C18H20N4O8S2. The van der Waals surface area contributed by atoms with Crippen molar-refractivity contribution >= 4 is 31.4 Å². The van der Waals surface area contributed by atoms with E-state index in [1.165, 1.54) is 24.3 Å². The number of rotatable bonds is 8. The third-order valence-electron chi connectivity index (χ3n) is 5.08. The Hall–Kier alpha value is -2.94. The maximum absolute atomic E-state index is 12.9. The van der Waals surface area contributed by atoms with Gasteiger partial charge in [0, 0.05) is 24.2 Å². The first kappa shape index (κ1) is 23.7. The number of nitrogens with zero attached hydrogens (tertiary/aromatic N) is 2. The number of sulfonamides is 2. The lowest BCUT2D eigenvalue weighted by atomic mass is 9.92. The number of para-hydroxylation sites is 2. The Morgan fingerprint density at radius 2 is 1.03 bits per heavy atom. The minimum absolute atomic E-state index is 0.282. The first-order valence-corrected chi connectivity index (χ1v) is 12.5. The van der Waals surface area contributed by atoms with Crippen molar-refractivity contribution in [3.05, 3.63) is 68.8 Å². The summed E-state index contributed by atoms with van der Waals surface area (Å²) in [5.74, 6) is 0. The van der Waals surface area contributed by atoms with E-state index in [0.29, 0.717) is 12.8 Å². The number of hydrogen-bond donors (Lipinski definition) is 2.